The van der Waals surface area contributed by atoms with Crippen molar-refractivity contribution in [2.24, 2.45) is 51.8 Å². The zero-order valence-electron chi connectivity index (χ0n) is 28.0. The highest BCUT2D eigenvalue weighted by Gasteiger charge is 2.61. The summed E-state index contributed by atoms with van der Waals surface area (Å²) in [6.07, 6.45) is 41.2. The second-order valence-corrected chi connectivity index (χ2v) is 14.7. The Labute approximate surface area is 279 Å². The van der Waals surface area contributed by atoms with Gasteiger partial charge in [0, 0.05) is 6.61 Å². The minimum absolute atomic E-state index is 0.0208. The van der Waals surface area contributed by atoms with Gasteiger partial charge in [0.15, 0.2) is 0 Å². The van der Waals surface area contributed by atoms with E-state index in [2.05, 4.69) is 72.0 Å². The van der Waals surface area contributed by atoms with Gasteiger partial charge in [-0.2, -0.15) is 0 Å². The van der Waals surface area contributed by atoms with Gasteiger partial charge in [0.1, 0.15) is 0 Å². The fraction of sp³-hybridized carbons (Fsp3) is 0.585. The molecule has 0 bridgehead atoms. The molecular weight excluding hydrogens is 576 g/mol. The number of aliphatic hydroxyl groups excluding tert-OH is 1. The number of carboxylic acid groups (broad SMARTS) is 1. The van der Waals surface area contributed by atoms with Crippen LogP contribution in [0.5, 0.6) is 0 Å². The Morgan fingerprint density at radius 2 is 1.53 bits per heavy atom. The third-order valence-electron chi connectivity index (χ3n) is 12.5. The fourth-order valence-corrected chi connectivity index (χ4v) is 11.3. The summed E-state index contributed by atoms with van der Waals surface area (Å²) in [5, 5.41) is 20.1. The first kappa shape index (κ1) is 38.3. The molecule has 5 aliphatic rings. The molecule has 0 aromatic heterocycles. The maximum atomic E-state index is 11.5. The summed E-state index contributed by atoms with van der Waals surface area (Å²) in [5.74, 6) is 3.75. The van der Waals surface area contributed by atoms with Gasteiger partial charge in [0.25, 0.3) is 0 Å². The first-order chi connectivity index (χ1) is 21.5. The van der Waals surface area contributed by atoms with Crippen molar-refractivity contribution < 1.29 is 15.0 Å². The molecule has 6 rings (SSSR count). The summed E-state index contributed by atoms with van der Waals surface area (Å²) in [5.41, 5.74) is 3.18. The van der Waals surface area contributed by atoms with Crippen LogP contribution in [0.3, 0.4) is 0 Å². The van der Waals surface area contributed by atoms with Crippen LogP contribution in [-0.2, 0) is 0 Å². The second kappa shape index (κ2) is 16.1. The SMILES string of the molecule is C#C.C#C.C#C.C=CC.CC1(C)C(c2ccc(C(=O)O)c(Cl)c2)=CC[C@]2(C)C3CCC4C(CC[C@@]5(CO)CCCC45)C3CCC12. The maximum absolute atomic E-state index is 11.5. The van der Waals surface area contributed by atoms with Crippen LogP contribution in [-0.4, -0.2) is 22.8 Å². The molecule has 244 valence electrons. The van der Waals surface area contributed by atoms with Crippen LogP contribution < -0.4 is 0 Å². The average Bonchev–Trinajstić information content (AvgIpc) is 3.49. The van der Waals surface area contributed by atoms with E-state index in [9.17, 15) is 15.0 Å². The highest BCUT2D eigenvalue weighted by Crippen LogP contribution is 2.69. The molecule has 1 aromatic carbocycles. The van der Waals surface area contributed by atoms with Crippen LogP contribution in [0.4, 0.5) is 0 Å². The molecule has 45 heavy (non-hydrogen) atoms. The standard InChI is InChI=1S/C32H43ClO3.C3H6.3C2H2/c1-30(2)24(19-6-7-23(29(35)36)27(33)17-19)13-15-31(3)25-10-8-22-20(21(25)9-11-28(30)31)12-16-32(18-34)14-4-5-26(22)32;1-3-2;3*1-2/h6-7,13,17,20-22,25-26,28,34H,4-5,8-12,14-16,18H2,1-3H3,(H,35,36);3H,1H2,2H3;3*1-2H/t20?,21?,22?,25?,26?,28?,31-,32-;;;;/m1..../s1. The Kier molecular flexibility index (Phi) is 13.7. The van der Waals surface area contributed by atoms with Crippen LogP contribution in [0.15, 0.2) is 36.9 Å². The minimum Gasteiger partial charge on any atom is -0.478 e. The molecule has 0 saturated heterocycles. The molecule has 1 aromatic rings. The van der Waals surface area contributed by atoms with E-state index in [0.717, 1.165) is 41.6 Å². The molecule has 4 fully saturated rings. The summed E-state index contributed by atoms with van der Waals surface area (Å²) in [6, 6.07) is 5.50. The van der Waals surface area contributed by atoms with Crippen molar-refractivity contribution in [1.29, 1.82) is 0 Å². The molecule has 2 N–H and O–H groups in total. The largest absolute Gasteiger partial charge is 0.478 e. The van der Waals surface area contributed by atoms with E-state index in [1.54, 1.807) is 12.1 Å². The third-order valence-corrected chi connectivity index (χ3v) is 12.8. The number of carboxylic acids is 1. The lowest BCUT2D eigenvalue weighted by Gasteiger charge is -2.64. The van der Waals surface area contributed by atoms with Gasteiger partial charge in [0.2, 0.25) is 0 Å². The normalized spacial score (nSPS) is 34.8. The van der Waals surface area contributed by atoms with Crippen molar-refractivity contribution in [3.63, 3.8) is 0 Å². The van der Waals surface area contributed by atoms with Crippen molar-refractivity contribution in [3.8, 4) is 38.5 Å². The quantitative estimate of drug-likeness (QED) is 0.258. The van der Waals surface area contributed by atoms with Crippen molar-refractivity contribution in [3.05, 3.63) is 53.1 Å². The van der Waals surface area contributed by atoms with Crippen LogP contribution in [0.1, 0.15) is 108 Å². The number of benzene rings is 1. The first-order valence-electron chi connectivity index (χ1n) is 16.5. The molecule has 0 aliphatic heterocycles. The lowest BCUT2D eigenvalue weighted by molar-refractivity contribution is -0.134. The molecule has 8 atom stereocenters. The monoisotopic (exact) mass is 630 g/mol. The van der Waals surface area contributed by atoms with Crippen LogP contribution >= 0.6 is 11.6 Å². The number of rotatable bonds is 3. The zero-order chi connectivity index (χ0) is 34.2. The molecule has 5 aliphatic carbocycles. The molecule has 6 unspecified atom stereocenters. The van der Waals surface area contributed by atoms with Gasteiger partial charge in [0.05, 0.1) is 10.6 Å². The van der Waals surface area contributed by atoms with E-state index in [1.807, 2.05) is 19.1 Å². The number of hydrogen-bond acceptors (Lipinski definition) is 2. The zero-order valence-corrected chi connectivity index (χ0v) is 28.7. The van der Waals surface area contributed by atoms with E-state index in [4.69, 9.17) is 11.6 Å². The predicted octanol–water partition coefficient (Wildman–Crippen LogP) is 10.0. The van der Waals surface area contributed by atoms with Gasteiger partial charge in [-0.3, -0.25) is 0 Å². The van der Waals surface area contributed by atoms with Crippen LogP contribution in [0.25, 0.3) is 5.57 Å². The van der Waals surface area contributed by atoms with E-state index >= 15 is 0 Å². The number of terminal acetylenes is 3. The predicted molar refractivity (Wildman–Crippen MR) is 190 cm³/mol. The van der Waals surface area contributed by atoms with Crippen molar-refractivity contribution in [2.75, 3.05) is 6.61 Å². The summed E-state index contributed by atoms with van der Waals surface area (Å²) >= 11 is 6.39. The van der Waals surface area contributed by atoms with Gasteiger partial charge in [-0.05, 0) is 140 Å². The van der Waals surface area contributed by atoms with E-state index in [-0.39, 0.29) is 16.4 Å². The van der Waals surface area contributed by atoms with Crippen LogP contribution in [0, 0.1) is 90.3 Å². The van der Waals surface area contributed by atoms with Crippen molar-refractivity contribution in [2.45, 2.75) is 91.9 Å². The van der Waals surface area contributed by atoms with Gasteiger partial charge >= 0.3 is 5.97 Å². The molecular formula is C41H55ClO3. The van der Waals surface area contributed by atoms with Gasteiger partial charge in [-0.15, -0.1) is 45.1 Å². The van der Waals surface area contributed by atoms with Crippen molar-refractivity contribution >= 4 is 23.1 Å². The number of halogens is 1. The van der Waals surface area contributed by atoms with Crippen LogP contribution in [0.2, 0.25) is 5.02 Å². The van der Waals surface area contributed by atoms with E-state index in [0.29, 0.717) is 23.0 Å². The third kappa shape index (κ3) is 6.80. The number of aromatic carboxylic acids is 1. The topological polar surface area (TPSA) is 57.5 Å². The molecule has 3 nitrogen and oxygen atoms in total. The number of aliphatic hydroxyl groups is 1. The highest BCUT2D eigenvalue weighted by molar-refractivity contribution is 6.33. The molecule has 0 radical (unpaired) electrons. The second-order valence-electron chi connectivity index (χ2n) is 14.3. The number of fused-ring (bicyclic) bond motifs is 7. The minimum atomic E-state index is -0.971. The summed E-state index contributed by atoms with van der Waals surface area (Å²) in [7, 11) is 0. The van der Waals surface area contributed by atoms with Gasteiger partial charge < -0.3 is 10.2 Å². The lowest BCUT2D eigenvalue weighted by atomic mass is 9.41. The van der Waals surface area contributed by atoms with Gasteiger partial charge in [-0.25, -0.2) is 4.79 Å². The molecule has 4 saturated carbocycles. The Hall–Kier alpha value is -2.90. The Balaban J connectivity index is 0.000000717. The van der Waals surface area contributed by atoms with E-state index in [1.165, 1.54) is 63.4 Å². The number of carbonyl (C=O) groups is 1. The molecule has 4 heteroatoms. The first-order valence-corrected chi connectivity index (χ1v) is 16.8. The molecule has 0 heterocycles. The smallest absolute Gasteiger partial charge is 0.337 e. The average molecular weight is 631 g/mol. The maximum Gasteiger partial charge on any atom is 0.337 e. The fourth-order valence-electron chi connectivity index (χ4n) is 11.0. The Morgan fingerprint density at radius 1 is 0.933 bits per heavy atom. The molecule has 0 spiro atoms. The molecule has 0 amide bonds. The van der Waals surface area contributed by atoms with Gasteiger partial charge in [-0.1, -0.05) is 57.0 Å². The summed E-state index contributed by atoms with van der Waals surface area (Å²) in [4.78, 5) is 11.5. The Bertz CT molecular complexity index is 1250. The van der Waals surface area contributed by atoms with E-state index < -0.39 is 5.97 Å². The van der Waals surface area contributed by atoms with Crippen molar-refractivity contribution in [1.82, 2.24) is 0 Å². The number of allylic oxidation sites excluding steroid dienone is 3. The Morgan fingerprint density at radius 3 is 2.11 bits per heavy atom. The summed E-state index contributed by atoms with van der Waals surface area (Å²) in [6.45, 7) is 13.1. The highest BCUT2D eigenvalue weighted by atomic mass is 35.5. The number of hydrogen-bond donors (Lipinski definition) is 2. The summed E-state index contributed by atoms with van der Waals surface area (Å²) < 4.78 is 0. The lowest BCUT2D eigenvalue weighted by Crippen LogP contribution is -2.56.